The van der Waals surface area contributed by atoms with Gasteiger partial charge in [0.25, 0.3) is 0 Å². The molecule has 0 unspecified atom stereocenters. The van der Waals surface area contributed by atoms with Gasteiger partial charge in [0.2, 0.25) is 0 Å². The number of ether oxygens (including phenoxy) is 1. The fourth-order valence-corrected chi connectivity index (χ4v) is 1.96. The Hall–Kier alpha value is -0.790. The minimum atomic E-state index is -4.73. The maximum atomic E-state index is 12.1. The van der Waals surface area contributed by atoms with Crippen molar-refractivity contribution in [3.05, 3.63) is 28.2 Å². The number of benzene rings is 1. The Kier molecular flexibility index (Phi) is 5.43. The summed E-state index contributed by atoms with van der Waals surface area (Å²) in [7, 11) is 0. The third-order valence-corrected chi connectivity index (χ3v) is 2.69. The van der Waals surface area contributed by atoms with Crippen molar-refractivity contribution >= 4 is 15.9 Å². The molecule has 18 heavy (non-hydrogen) atoms. The molecule has 0 aliphatic heterocycles. The second kappa shape index (κ2) is 6.40. The van der Waals surface area contributed by atoms with Gasteiger partial charge in [0.15, 0.2) is 0 Å². The third-order valence-electron chi connectivity index (χ3n) is 2.23. The lowest BCUT2D eigenvalue weighted by Gasteiger charge is -2.15. The van der Waals surface area contributed by atoms with Crippen molar-refractivity contribution in [3.63, 3.8) is 0 Å². The fraction of sp³-hybridized carbons (Fsp3) is 0.455. The molecule has 0 aromatic heterocycles. The predicted molar refractivity (Wildman–Crippen MR) is 64.1 cm³/mol. The molecule has 3 nitrogen and oxygen atoms in total. The summed E-state index contributed by atoms with van der Waals surface area (Å²) in [5, 5.41) is 8.69. The van der Waals surface area contributed by atoms with Crippen LogP contribution >= 0.6 is 15.9 Å². The first kappa shape index (κ1) is 15.3. The normalized spacial score (nSPS) is 13.4. The second-order valence-corrected chi connectivity index (χ2v) is 4.66. The molecule has 0 aliphatic carbocycles. The van der Waals surface area contributed by atoms with Gasteiger partial charge < -0.3 is 15.6 Å². The molecule has 0 saturated carbocycles. The number of aliphatic hydroxyl groups is 1. The Morgan fingerprint density at radius 2 is 2.00 bits per heavy atom. The third kappa shape index (κ3) is 5.24. The van der Waals surface area contributed by atoms with E-state index in [0.717, 1.165) is 0 Å². The van der Waals surface area contributed by atoms with Crippen molar-refractivity contribution in [1.29, 1.82) is 0 Å². The quantitative estimate of drug-likeness (QED) is 0.873. The predicted octanol–water partition coefficient (Wildman–Crippen LogP) is 3.12. The van der Waals surface area contributed by atoms with Gasteiger partial charge >= 0.3 is 6.36 Å². The van der Waals surface area contributed by atoms with E-state index in [1.165, 1.54) is 12.1 Å². The lowest BCUT2D eigenvalue weighted by Crippen LogP contribution is -2.18. The van der Waals surface area contributed by atoms with Gasteiger partial charge in [-0.05, 0) is 36.6 Å². The Bertz CT molecular complexity index is 398. The first-order valence-electron chi connectivity index (χ1n) is 5.24. The highest BCUT2D eigenvalue weighted by atomic mass is 79.9. The van der Waals surface area contributed by atoms with E-state index in [1.54, 1.807) is 6.07 Å². The molecule has 7 heteroatoms. The smallest absolute Gasteiger partial charge is 0.406 e. The monoisotopic (exact) mass is 327 g/mol. The summed E-state index contributed by atoms with van der Waals surface area (Å²) in [5.74, 6) is -0.314. The molecule has 0 bridgehead atoms. The average Bonchev–Trinajstić information content (AvgIpc) is 2.22. The van der Waals surface area contributed by atoms with Crippen molar-refractivity contribution in [2.24, 2.45) is 5.73 Å². The maximum Gasteiger partial charge on any atom is 0.573 e. The minimum Gasteiger partial charge on any atom is -0.406 e. The standard InChI is InChI=1S/C11H13BrF3NO2/c12-8-4-7(10(16)2-1-3-17)5-9(6-8)18-11(13,14)15/h4-6,10,17H,1-3,16H2/t10-/m0/s1. The van der Waals surface area contributed by atoms with Crippen LogP contribution in [-0.4, -0.2) is 18.1 Å². The highest BCUT2D eigenvalue weighted by Gasteiger charge is 2.31. The summed E-state index contributed by atoms with van der Waals surface area (Å²) in [6.45, 7) is -0.00634. The maximum absolute atomic E-state index is 12.1. The molecule has 0 fully saturated rings. The first-order chi connectivity index (χ1) is 8.31. The Labute approximate surface area is 111 Å². The van der Waals surface area contributed by atoms with Gasteiger partial charge in [0, 0.05) is 17.1 Å². The van der Waals surface area contributed by atoms with Crippen molar-refractivity contribution in [2.45, 2.75) is 25.2 Å². The summed E-state index contributed by atoms with van der Waals surface area (Å²) in [5.41, 5.74) is 6.34. The van der Waals surface area contributed by atoms with Crippen LogP contribution in [-0.2, 0) is 0 Å². The molecule has 0 amide bonds. The topological polar surface area (TPSA) is 55.5 Å². The number of rotatable bonds is 5. The molecule has 0 saturated heterocycles. The molecule has 1 aromatic carbocycles. The zero-order valence-electron chi connectivity index (χ0n) is 9.38. The Balaban J connectivity index is 2.86. The van der Waals surface area contributed by atoms with Crippen LogP contribution in [0.2, 0.25) is 0 Å². The van der Waals surface area contributed by atoms with Gasteiger partial charge in [-0.2, -0.15) is 0 Å². The van der Waals surface area contributed by atoms with E-state index < -0.39 is 12.4 Å². The lowest BCUT2D eigenvalue weighted by molar-refractivity contribution is -0.274. The van der Waals surface area contributed by atoms with Gasteiger partial charge in [-0.25, -0.2) is 0 Å². The van der Waals surface area contributed by atoms with Crippen LogP contribution in [0.15, 0.2) is 22.7 Å². The van der Waals surface area contributed by atoms with E-state index in [2.05, 4.69) is 20.7 Å². The minimum absolute atomic E-state index is 0.00634. The number of aliphatic hydroxyl groups excluding tert-OH is 1. The van der Waals surface area contributed by atoms with Gasteiger partial charge in [-0.1, -0.05) is 15.9 Å². The van der Waals surface area contributed by atoms with E-state index in [0.29, 0.717) is 22.9 Å². The first-order valence-corrected chi connectivity index (χ1v) is 6.04. The summed E-state index contributed by atoms with van der Waals surface area (Å²) in [4.78, 5) is 0. The van der Waals surface area contributed by atoms with Crippen LogP contribution in [0.5, 0.6) is 5.75 Å². The summed E-state index contributed by atoms with van der Waals surface area (Å²) < 4.78 is 40.6. The van der Waals surface area contributed by atoms with Crippen molar-refractivity contribution in [2.75, 3.05) is 6.61 Å². The van der Waals surface area contributed by atoms with Crippen LogP contribution in [0.1, 0.15) is 24.4 Å². The van der Waals surface area contributed by atoms with E-state index in [4.69, 9.17) is 10.8 Å². The molecular weight excluding hydrogens is 315 g/mol. The van der Waals surface area contributed by atoms with Gasteiger partial charge in [0.1, 0.15) is 5.75 Å². The van der Waals surface area contributed by atoms with E-state index in [-0.39, 0.29) is 12.4 Å². The molecule has 0 aliphatic rings. The molecule has 3 N–H and O–H groups in total. The van der Waals surface area contributed by atoms with Crippen molar-refractivity contribution in [3.8, 4) is 5.75 Å². The molecule has 0 radical (unpaired) electrons. The highest BCUT2D eigenvalue weighted by molar-refractivity contribution is 9.10. The number of nitrogens with two attached hydrogens (primary N) is 1. The largest absolute Gasteiger partial charge is 0.573 e. The van der Waals surface area contributed by atoms with E-state index >= 15 is 0 Å². The van der Waals surface area contributed by atoms with E-state index in [1.807, 2.05) is 0 Å². The Morgan fingerprint density at radius 3 is 2.56 bits per heavy atom. The molecule has 1 atom stereocenters. The zero-order chi connectivity index (χ0) is 13.8. The second-order valence-electron chi connectivity index (χ2n) is 3.74. The lowest BCUT2D eigenvalue weighted by atomic mass is 10.0. The summed E-state index contributed by atoms with van der Waals surface area (Å²) in [6.07, 6.45) is -3.76. The van der Waals surface area contributed by atoms with Gasteiger partial charge in [-0.3, -0.25) is 0 Å². The van der Waals surface area contributed by atoms with Crippen LogP contribution < -0.4 is 10.5 Å². The number of hydrogen-bond donors (Lipinski definition) is 2. The van der Waals surface area contributed by atoms with Crippen LogP contribution in [0.3, 0.4) is 0 Å². The van der Waals surface area contributed by atoms with Crippen LogP contribution in [0, 0.1) is 0 Å². The fourth-order valence-electron chi connectivity index (χ4n) is 1.47. The van der Waals surface area contributed by atoms with Gasteiger partial charge in [-0.15, -0.1) is 13.2 Å². The molecular formula is C11H13BrF3NO2. The molecule has 0 heterocycles. The van der Waals surface area contributed by atoms with E-state index in [9.17, 15) is 13.2 Å². The van der Waals surface area contributed by atoms with Crippen molar-refractivity contribution < 1.29 is 23.0 Å². The SMILES string of the molecule is N[C@@H](CCCO)c1cc(Br)cc(OC(F)(F)F)c1. The zero-order valence-corrected chi connectivity index (χ0v) is 11.0. The number of alkyl halides is 3. The molecule has 1 rings (SSSR count). The van der Waals surface area contributed by atoms with Crippen LogP contribution in [0.4, 0.5) is 13.2 Å². The number of halogens is 4. The summed E-state index contributed by atoms with van der Waals surface area (Å²) in [6, 6.07) is 3.66. The summed E-state index contributed by atoms with van der Waals surface area (Å²) >= 11 is 3.10. The number of hydrogen-bond acceptors (Lipinski definition) is 3. The van der Waals surface area contributed by atoms with Crippen LogP contribution in [0.25, 0.3) is 0 Å². The highest BCUT2D eigenvalue weighted by Crippen LogP contribution is 2.30. The molecule has 102 valence electrons. The van der Waals surface area contributed by atoms with Crippen molar-refractivity contribution in [1.82, 2.24) is 0 Å². The Morgan fingerprint density at radius 1 is 1.33 bits per heavy atom. The average molecular weight is 328 g/mol. The molecule has 1 aromatic rings. The molecule has 0 spiro atoms. The van der Waals surface area contributed by atoms with Gasteiger partial charge in [0.05, 0.1) is 0 Å².